The zero-order chi connectivity index (χ0) is 9.86. The normalized spacial score (nSPS) is 7.33. The first-order valence-electron chi connectivity index (χ1n) is 2.99. The van der Waals surface area contributed by atoms with Gasteiger partial charge in [-0.3, -0.25) is 4.79 Å². The van der Waals surface area contributed by atoms with E-state index in [1.807, 2.05) is 0 Å². The maximum Gasteiger partial charge on any atom is 2.00 e. The molecule has 0 saturated heterocycles. The maximum atomic E-state index is 9.98. The second-order valence-corrected chi connectivity index (χ2v) is 1.37. The number of allylic oxidation sites excluding steroid dienone is 2. The first kappa shape index (κ1) is 22.5. The Balaban J connectivity index is -0.0000000560. The average molecular weight is 258 g/mol. The average Bonchev–Trinajstić information content (AvgIpc) is 1.93. The predicted molar refractivity (Wildman–Crippen MR) is 46.9 cm³/mol. The van der Waals surface area contributed by atoms with E-state index in [-0.39, 0.29) is 31.0 Å². The fraction of sp³-hybridized carbons (Fsp3) is 0.222. The minimum atomic E-state index is -0.187. The molecule has 1 radical (unpaired) electrons. The summed E-state index contributed by atoms with van der Waals surface area (Å²) in [5, 5.41) is 9.98. The summed E-state index contributed by atoms with van der Waals surface area (Å²) in [7, 11) is 0. The van der Waals surface area contributed by atoms with Crippen molar-refractivity contribution >= 4 is 5.78 Å². The summed E-state index contributed by atoms with van der Waals surface area (Å²) >= 11 is 0. The van der Waals surface area contributed by atoms with Crippen LogP contribution in [0.1, 0.15) is 13.8 Å². The van der Waals surface area contributed by atoms with Crippen molar-refractivity contribution in [1.29, 1.82) is 0 Å². The van der Waals surface area contributed by atoms with E-state index in [2.05, 4.69) is 26.3 Å². The van der Waals surface area contributed by atoms with Crippen LogP contribution in [-0.2, 0) is 24.3 Å². The Labute approximate surface area is 87.4 Å². The molecule has 0 saturated carbocycles. The summed E-state index contributed by atoms with van der Waals surface area (Å²) in [5.41, 5.74) is 0. The molecule has 0 aliphatic heterocycles. The zero-order valence-corrected chi connectivity index (χ0v) is 9.19. The van der Waals surface area contributed by atoms with Gasteiger partial charge in [-0.05, 0) is 13.0 Å². The summed E-state index contributed by atoms with van der Waals surface area (Å²) in [6, 6.07) is 0. The first-order valence-corrected chi connectivity index (χ1v) is 2.99. The molecule has 0 spiro atoms. The SMILES string of the molecule is C=C.C=C.CC(=O)/C=C(/C)[O-].[Rh+2]. The van der Waals surface area contributed by atoms with Gasteiger partial charge in [0.25, 0.3) is 0 Å². The van der Waals surface area contributed by atoms with E-state index in [0.717, 1.165) is 6.08 Å². The fourth-order valence-electron chi connectivity index (χ4n) is 0.286. The number of ketones is 1. The van der Waals surface area contributed by atoms with Gasteiger partial charge in [0.1, 0.15) is 0 Å². The van der Waals surface area contributed by atoms with Crippen LogP contribution in [0, 0.1) is 0 Å². The van der Waals surface area contributed by atoms with Gasteiger partial charge in [0.05, 0.1) is 0 Å². The molecular formula is C9H15O2Rh+. The van der Waals surface area contributed by atoms with Crippen molar-refractivity contribution < 1.29 is 29.4 Å². The summed E-state index contributed by atoms with van der Waals surface area (Å²) in [6.45, 7) is 14.7. The topological polar surface area (TPSA) is 40.1 Å². The Hall–Kier alpha value is -0.687. The van der Waals surface area contributed by atoms with Crippen LogP contribution in [0.25, 0.3) is 0 Å². The summed E-state index contributed by atoms with van der Waals surface area (Å²) in [4.78, 5) is 9.98. The molecule has 0 bridgehead atoms. The maximum absolute atomic E-state index is 9.98. The second-order valence-electron chi connectivity index (χ2n) is 1.37. The quantitative estimate of drug-likeness (QED) is 0.309. The van der Waals surface area contributed by atoms with E-state index in [1.54, 1.807) is 0 Å². The van der Waals surface area contributed by atoms with E-state index in [9.17, 15) is 9.90 Å². The third-order valence-electron chi connectivity index (χ3n) is 0.407. The van der Waals surface area contributed by atoms with Crippen LogP contribution in [0.5, 0.6) is 0 Å². The molecule has 0 fully saturated rings. The van der Waals surface area contributed by atoms with Crippen molar-refractivity contribution in [2.24, 2.45) is 0 Å². The van der Waals surface area contributed by atoms with Crippen LogP contribution in [0.2, 0.25) is 0 Å². The number of rotatable bonds is 1. The molecule has 0 unspecified atom stereocenters. The molecule has 71 valence electrons. The molecule has 0 aliphatic carbocycles. The van der Waals surface area contributed by atoms with E-state index in [4.69, 9.17) is 0 Å². The van der Waals surface area contributed by atoms with Gasteiger partial charge in [-0.2, -0.15) is 0 Å². The summed E-state index contributed by atoms with van der Waals surface area (Å²) in [6.07, 6.45) is 1.06. The molecule has 2 nitrogen and oxygen atoms in total. The molecule has 0 aliphatic rings. The van der Waals surface area contributed by atoms with Crippen LogP contribution in [0.15, 0.2) is 38.2 Å². The standard InChI is InChI=1S/C5H8O2.2C2H4.Rh/c1-4(6)3-5(2)7;2*1-2;/h3,6H,1-2H3;2*1-2H2;/q;;;+2/p-1/b4-3-;;;. The molecule has 12 heavy (non-hydrogen) atoms. The number of carbonyl (C=O) groups excluding carboxylic acids is 1. The third kappa shape index (κ3) is 58.6. The molecule has 0 atom stereocenters. The second kappa shape index (κ2) is 22.4. The number of carbonyl (C=O) groups is 1. The molecule has 0 heterocycles. The molecule has 0 aromatic carbocycles. The van der Waals surface area contributed by atoms with Gasteiger partial charge < -0.3 is 5.11 Å². The van der Waals surface area contributed by atoms with Gasteiger partial charge >= 0.3 is 19.5 Å². The zero-order valence-electron chi connectivity index (χ0n) is 7.56. The van der Waals surface area contributed by atoms with Crippen LogP contribution in [-0.4, -0.2) is 5.78 Å². The molecular weight excluding hydrogens is 243 g/mol. The van der Waals surface area contributed by atoms with Crippen molar-refractivity contribution in [3.63, 3.8) is 0 Å². The van der Waals surface area contributed by atoms with Gasteiger partial charge in [0.15, 0.2) is 5.78 Å². The van der Waals surface area contributed by atoms with E-state index in [1.165, 1.54) is 13.8 Å². The Kier molecular flexibility index (Phi) is 42.1. The van der Waals surface area contributed by atoms with E-state index >= 15 is 0 Å². The van der Waals surface area contributed by atoms with Crippen molar-refractivity contribution in [1.82, 2.24) is 0 Å². The molecule has 0 N–H and O–H groups in total. The Morgan fingerprint density at radius 1 is 1.17 bits per heavy atom. The third-order valence-corrected chi connectivity index (χ3v) is 0.407. The first-order chi connectivity index (χ1) is 5.13. The fourth-order valence-corrected chi connectivity index (χ4v) is 0.286. The van der Waals surface area contributed by atoms with Crippen molar-refractivity contribution in [2.75, 3.05) is 0 Å². The molecule has 3 heteroatoms. The monoisotopic (exact) mass is 258 g/mol. The van der Waals surface area contributed by atoms with Gasteiger partial charge in [-0.1, -0.05) is 6.92 Å². The molecule has 0 amide bonds. The van der Waals surface area contributed by atoms with Crippen LogP contribution >= 0.6 is 0 Å². The Bertz CT molecular complexity index is 124. The van der Waals surface area contributed by atoms with E-state index < -0.39 is 0 Å². The van der Waals surface area contributed by atoms with Crippen LogP contribution in [0.3, 0.4) is 0 Å². The van der Waals surface area contributed by atoms with Crippen molar-refractivity contribution in [2.45, 2.75) is 13.8 Å². The number of hydrogen-bond acceptors (Lipinski definition) is 2. The van der Waals surface area contributed by atoms with Gasteiger partial charge in [0, 0.05) is 0 Å². The Morgan fingerprint density at radius 2 is 1.42 bits per heavy atom. The largest absolute Gasteiger partial charge is 2.00 e. The van der Waals surface area contributed by atoms with E-state index in [0.29, 0.717) is 0 Å². The van der Waals surface area contributed by atoms with Crippen LogP contribution < -0.4 is 5.11 Å². The molecule has 0 rings (SSSR count). The minimum absolute atomic E-state index is 0. The molecule has 0 aromatic heterocycles. The van der Waals surface area contributed by atoms with Crippen molar-refractivity contribution in [3.8, 4) is 0 Å². The summed E-state index contributed by atoms with van der Waals surface area (Å²) < 4.78 is 0. The number of hydrogen-bond donors (Lipinski definition) is 0. The molecule has 0 aromatic rings. The van der Waals surface area contributed by atoms with Gasteiger partial charge in [0.2, 0.25) is 0 Å². The summed E-state index contributed by atoms with van der Waals surface area (Å²) in [5.74, 6) is -0.375. The Morgan fingerprint density at radius 3 is 1.42 bits per heavy atom. The van der Waals surface area contributed by atoms with Gasteiger partial charge in [-0.15, -0.1) is 32.1 Å². The van der Waals surface area contributed by atoms with Crippen molar-refractivity contribution in [3.05, 3.63) is 38.2 Å². The predicted octanol–water partition coefficient (Wildman–Crippen LogP) is 1.44. The smallest absolute Gasteiger partial charge is 0.876 e. The minimum Gasteiger partial charge on any atom is -0.876 e. The van der Waals surface area contributed by atoms with Gasteiger partial charge in [-0.25, -0.2) is 0 Å². The van der Waals surface area contributed by atoms with Crippen LogP contribution in [0.4, 0.5) is 0 Å².